The number of hydrogen-bond donors (Lipinski definition) is 3. The number of carbonyl (C=O) groups excluding carboxylic acids is 2. The lowest BCUT2D eigenvalue weighted by Crippen LogP contribution is -2.41. The molecule has 7 heteroatoms. The molecule has 21 heavy (non-hydrogen) atoms. The van der Waals surface area contributed by atoms with Crippen molar-refractivity contribution in [2.45, 2.75) is 19.0 Å². The highest BCUT2D eigenvalue weighted by Gasteiger charge is 2.10. The Morgan fingerprint density at radius 3 is 2.81 bits per heavy atom. The lowest BCUT2D eigenvalue weighted by molar-refractivity contribution is -0.117. The number of amides is 3. The van der Waals surface area contributed by atoms with Gasteiger partial charge in [-0.3, -0.25) is 10.1 Å². The third-order valence-corrected chi connectivity index (χ3v) is 3.50. The first-order valence-corrected chi connectivity index (χ1v) is 7.68. The third kappa shape index (κ3) is 4.78. The molecule has 0 aliphatic heterocycles. The molecule has 0 atom stereocenters. The zero-order valence-corrected chi connectivity index (χ0v) is 12.8. The molecule has 0 radical (unpaired) electrons. The highest BCUT2D eigenvalue weighted by Crippen LogP contribution is 2.18. The first-order chi connectivity index (χ1) is 10.0. The quantitative estimate of drug-likeness (QED) is 0.739. The van der Waals surface area contributed by atoms with Gasteiger partial charge in [0.05, 0.1) is 16.8 Å². The van der Waals surface area contributed by atoms with Crippen LogP contribution in [0.15, 0.2) is 29.4 Å². The number of urea groups is 1. The van der Waals surface area contributed by atoms with Crippen LogP contribution in [0, 0.1) is 5.92 Å². The summed E-state index contributed by atoms with van der Waals surface area (Å²) in [5.41, 5.74) is 1.78. The zero-order valence-electron chi connectivity index (χ0n) is 12.0. The molecule has 3 amide bonds. The van der Waals surface area contributed by atoms with Gasteiger partial charge in [-0.2, -0.15) is 0 Å². The number of carbonyl (C=O) groups is 2. The summed E-state index contributed by atoms with van der Waals surface area (Å²) in [5.74, 6) is 0.132. The molecule has 0 saturated carbocycles. The van der Waals surface area contributed by atoms with Gasteiger partial charge in [0, 0.05) is 6.54 Å². The van der Waals surface area contributed by atoms with E-state index in [1.54, 1.807) is 0 Å². The first-order valence-electron chi connectivity index (χ1n) is 6.70. The number of aromatic amines is 1. The van der Waals surface area contributed by atoms with E-state index >= 15 is 0 Å². The molecule has 0 bridgehead atoms. The summed E-state index contributed by atoms with van der Waals surface area (Å²) in [6, 6.07) is 7.18. The molecule has 0 fully saturated rings. The lowest BCUT2D eigenvalue weighted by atomic mass is 10.2. The molecule has 2 rings (SSSR count). The van der Waals surface area contributed by atoms with Crippen LogP contribution >= 0.6 is 11.8 Å². The molecule has 6 nitrogen and oxygen atoms in total. The Bertz CT molecular complexity index is 606. The van der Waals surface area contributed by atoms with Crippen molar-refractivity contribution >= 4 is 34.7 Å². The number of thioether (sulfide) groups is 1. The van der Waals surface area contributed by atoms with Gasteiger partial charge in [-0.1, -0.05) is 37.7 Å². The molecule has 0 spiro atoms. The van der Waals surface area contributed by atoms with Crippen molar-refractivity contribution < 1.29 is 9.59 Å². The van der Waals surface area contributed by atoms with Crippen LogP contribution in [0.1, 0.15) is 13.8 Å². The molecule has 0 aliphatic rings. The maximum Gasteiger partial charge on any atom is 0.321 e. The van der Waals surface area contributed by atoms with Gasteiger partial charge >= 0.3 is 6.03 Å². The summed E-state index contributed by atoms with van der Waals surface area (Å²) in [6.45, 7) is 4.51. The van der Waals surface area contributed by atoms with Gasteiger partial charge in [-0.15, -0.1) is 0 Å². The van der Waals surface area contributed by atoms with E-state index in [9.17, 15) is 9.59 Å². The molecule has 0 unspecified atom stereocenters. The highest BCUT2D eigenvalue weighted by atomic mass is 32.2. The van der Waals surface area contributed by atoms with E-state index in [4.69, 9.17) is 0 Å². The Morgan fingerprint density at radius 2 is 2.10 bits per heavy atom. The second kappa shape index (κ2) is 7.12. The lowest BCUT2D eigenvalue weighted by Gasteiger charge is -2.07. The van der Waals surface area contributed by atoms with Crippen LogP contribution in [0.2, 0.25) is 0 Å². The van der Waals surface area contributed by atoms with Crippen LogP contribution in [0.25, 0.3) is 11.0 Å². The van der Waals surface area contributed by atoms with Gasteiger partial charge in [0.15, 0.2) is 5.16 Å². The minimum atomic E-state index is -0.459. The van der Waals surface area contributed by atoms with Crippen molar-refractivity contribution in [2.24, 2.45) is 5.92 Å². The van der Waals surface area contributed by atoms with Crippen LogP contribution < -0.4 is 10.6 Å². The number of aromatic nitrogens is 2. The normalized spacial score (nSPS) is 10.8. The summed E-state index contributed by atoms with van der Waals surface area (Å²) >= 11 is 1.26. The van der Waals surface area contributed by atoms with E-state index in [-0.39, 0.29) is 11.7 Å². The SMILES string of the molecule is CC(C)CNC(=O)NC(=O)CSc1nc2ccccc2[nH]1. The maximum atomic E-state index is 11.7. The standard InChI is InChI=1S/C14H18N4O2S/c1-9(2)7-15-13(20)18-12(19)8-21-14-16-10-5-3-4-6-11(10)17-14/h3-6,9H,7-8H2,1-2H3,(H,16,17)(H2,15,18,19,20). The number of hydrogen-bond acceptors (Lipinski definition) is 4. The molecule has 1 aromatic heterocycles. The van der Waals surface area contributed by atoms with Crippen molar-refractivity contribution in [1.29, 1.82) is 0 Å². The second-order valence-electron chi connectivity index (χ2n) is 5.00. The number of nitrogens with zero attached hydrogens (tertiary/aromatic N) is 1. The van der Waals surface area contributed by atoms with Crippen LogP contribution in [-0.4, -0.2) is 34.2 Å². The van der Waals surface area contributed by atoms with Crippen molar-refractivity contribution in [2.75, 3.05) is 12.3 Å². The number of fused-ring (bicyclic) bond motifs is 1. The zero-order chi connectivity index (χ0) is 15.2. The summed E-state index contributed by atoms with van der Waals surface area (Å²) in [7, 11) is 0. The Labute approximate surface area is 127 Å². The van der Waals surface area contributed by atoms with E-state index in [0.717, 1.165) is 11.0 Å². The van der Waals surface area contributed by atoms with Crippen LogP contribution in [0.3, 0.4) is 0 Å². The molecular formula is C14H18N4O2S. The Hall–Kier alpha value is -2.02. The van der Waals surface area contributed by atoms with E-state index in [0.29, 0.717) is 17.6 Å². The van der Waals surface area contributed by atoms with Crippen molar-refractivity contribution in [3.05, 3.63) is 24.3 Å². The minimum Gasteiger partial charge on any atom is -0.338 e. The number of benzene rings is 1. The summed E-state index contributed by atoms with van der Waals surface area (Å²) < 4.78 is 0. The average Bonchev–Trinajstić information content (AvgIpc) is 2.86. The van der Waals surface area contributed by atoms with Crippen molar-refractivity contribution in [1.82, 2.24) is 20.6 Å². The number of rotatable bonds is 5. The topological polar surface area (TPSA) is 86.9 Å². The number of imidazole rings is 1. The molecule has 3 N–H and O–H groups in total. The molecule has 2 aromatic rings. The third-order valence-electron chi connectivity index (χ3n) is 2.63. The molecule has 1 aromatic carbocycles. The number of para-hydroxylation sites is 2. The van der Waals surface area contributed by atoms with Crippen LogP contribution in [0.4, 0.5) is 4.79 Å². The van der Waals surface area contributed by atoms with Gasteiger partial charge < -0.3 is 10.3 Å². The van der Waals surface area contributed by atoms with E-state index in [2.05, 4.69) is 20.6 Å². The van der Waals surface area contributed by atoms with Gasteiger partial charge in [-0.25, -0.2) is 9.78 Å². The monoisotopic (exact) mass is 306 g/mol. The summed E-state index contributed by atoms with van der Waals surface area (Å²) in [4.78, 5) is 30.6. The summed E-state index contributed by atoms with van der Waals surface area (Å²) in [6.07, 6.45) is 0. The summed E-state index contributed by atoms with van der Waals surface area (Å²) in [5, 5.41) is 5.58. The minimum absolute atomic E-state index is 0.134. The average molecular weight is 306 g/mol. The largest absolute Gasteiger partial charge is 0.338 e. The molecule has 1 heterocycles. The molecule has 0 aliphatic carbocycles. The fourth-order valence-electron chi connectivity index (χ4n) is 1.64. The number of nitrogens with one attached hydrogen (secondary N) is 3. The highest BCUT2D eigenvalue weighted by molar-refractivity contribution is 7.99. The predicted molar refractivity (Wildman–Crippen MR) is 83.2 cm³/mol. The van der Waals surface area contributed by atoms with Gasteiger partial charge in [0.2, 0.25) is 5.91 Å². The van der Waals surface area contributed by atoms with Gasteiger partial charge in [-0.05, 0) is 18.1 Å². The fourth-order valence-corrected chi connectivity index (χ4v) is 2.32. The Balaban J connectivity index is 1.79. The molecular weight excluding hydrogens is 288 g/mol. The predicted octanol–water partition coefficient (Wildman–Crippen LogP) is 2.14. The fraction of sp³-hybridized carbons (Fsp3) is 0.357. The van der Waals surface area contributed by atoms with E-state index in [1.165, 1.54) is 11.8 Å². The van der Waals surface area contributed by atoms with Crippen LogP contribution in [-0.2, 0) is 4.79 Å². The van der Waals surface area contributed by atoms with Gasteiger partial charge in [0.1, 0.15) is 0 Å². The van der Waals surface area contributed by atoms with Gasteiger partial charge in [0.25, 0.3) is 0 Å². The molecule has 112 valence electrons. The molecule has 0 saturated heterocycles. The Kier molecular flexibility index (Phi) is 5.21. The van der Waals surface area contributed by atoms with Crippen molar-refractivity contribution in [3.63, 3.8) is 0 Å². The maximum absolute atomic E-state index is 11.7. The second-order valence-corrected chi connectivity index (χ2v) is 5.96. The van der Waals surface area contributed by atoms with E-state index < -0.39 is 6.03 Å². The Morgan fingerprint density at radius 1 is 1.33 bits per heavy atom. The first kappa shape index (κ1) is 15.4. The van der Waals surface area contributed by atoms with Crippen molar-refractivity contribution in [3.8, 4) is 0 Å². The van der Waals surface area contributed by atoms with E-state index in [1.807, 2.05) is 38.1 Å². The smallest absolute Gasteiger partial charge is 0.321 e. The number of H-pyrrole nitrogens is 1. The number of imide groups is 1. The van der Waals surface area contributed by atoms with Crippen LogP contribution in [0.5, 0.6) is 0 Å².